The summed E-state index contributed by atoms with van der Waals surface area (Å²) >= 11 is 9.72. The monoisotopic (exact) mass is 490 g/mol. The number of aromatic nitrogens is 1. The summed E-state index contributed by atoms with van der Waals surface area (Å²) in [7, 11) is 1.98. The maximum absolute atomic E-state index is 13.0. The lowest BCUT2D eigenvalue weighted by Crippen LogP contribution is -2.37. The fourth-order valence-corrected chi connectivity index (χ4v) is 5.24. The third kappa shape index (κ3) is 3.83. The van der Waals surface area contributed by atoms with Gasteiger partial charge in [0.2, 0.25) is 0 Å². The Morgan fingerprint density at radius 2 is 1.93 bits per heavy atom. The number of hydrogen-bond acceptors (Lipinski definition) is 3. The van der Waals surface area contributed by atoms with Crippen molar-refractivity contribution in [3.63, 3.8) is 0 Å². The first-order valence-corrected chi connectivity index (χ1v) is 11.4. The van der Waals surface area contributed by atoms with Gasteiger partial charge in [-0.2, -0.15) is 0 Å². The van der Waals surface area contributed by atoms with E-state index in [0.717, 1.165) is 47.2 Å². The number of carbonyl (C=O) groups is 1. The normalized spacial score (nSPS) is 16.1. The molecule has 4 rings (SSSR count). The first-order valence-electron chi connectivity index (χ1n) is 10.2. The molecule has 2 aliphatic rings. The Balaban J connectivity index is 1.87. The maximum Gasteiger partial charge on any atom is 0.409 e. The van der Waals surface area contributed by atoms with E-state index in [1.165, 1.54) is 5.57 Å². The summed E-state index contributed by atoms with van der Waals surface area (Å²) in [6.45, 7) is 3.42. The topological polar surface area (TPSA) is 51.5 Å². The van der Waals surface area contributed by atoms with Crippen molar-refractivity contribution in [3.8, 4) is 0 Å². The van der Waals surface area contributed by atoms with E-state index in [-0.39, 0.29) is 11.5 Å². The molecule has 2 aromatic rings. The Morgan fingerprint density at radius 3 is 2.63 bits per heavy atom. The van der Waals surface area contributed by atoms with Crippen LogP contribution in [0.3, 0.4) is 0 Å². The number of nitrogens with zero attached hydrogens (tertiary/aromatic N) is 2. The molecule has 1 aliphatic carbocycles. The van der Waals surface area contributed by atoms with Gasteiger partial charge in [0.1, 0.15) is 0 Å². The number of rotatable bonds is 1. The Hall–Kier alpha value is -2.05. The van der Waals surface area contributed by atoms with Crippen molar-refractivity contribution in [1.82, 2.24) is 9.47 Å². The second-order valence-electron chi connectivity index (χ2n) is 7.71. The molecule has 1 aromatic carbocycles. The molecule has 158 valence electrons. The molecule has 0 saturated carbocycles. The second kappa shape index (κ2) is 8.60. The Morgan fingerprint density at radius 1 is 1.20 bits per heavy atom. The van der Waals surface area contributed by atoms with E-state index < -0.39 is 0 Å². The zero-order chi connectivity index (χ0) is 21.4. The maximum atomic E-state index is 13.0. The highest BCUT2D eigenvalue weighted by Crippen LogP contribution is 2.39. The van der Waals surface area contributed by atoms with Crippen molar-refractivity contribution in [3.05, 3.63) is 72.1 Å². The van der Waals surface area contributed by atoms with E-state index in [9.17, 15) is 9.59 Å². The van der Waals surface area contributed by atoms with Crippen LogP contribution in [-0.2, 0) is 24.6 Å². The van der Waals surface area contributed by atoms with E-state index in [1.54, 1.807) is 4.90 Å². The second-order valence-corrected chi connectivity index (χ2v) is 9.00. The molecule has 1 saturated heterocycles. The van der Waals surface area contributed by atoms with Gasteiger partial charge in [-0.05, 0) is 71.8 Å². The van der Waals surface area contributed by atoms with Gasteiger partial charge in [-0.3, -0.25) is 4.79 Å². The number of benzene rings is 1. The van der Waals surface area contributed by atoms with Gasteiger partial charge in [0.15, 0.2) is 5.43 Å². The highest BCUT2D eigenvalue weighted by Gasteiger charge is 2.28. The summed E-state index contributed by atoms with van der Waals surface area (Å²) in [5, 5.41) is 0.703. The molecule has 0 N–H and O–H groups in total. The van der Waals surface area contributed by atoms with Crippen molar-refractivity contribution in [1.29, 1.82) is 0 Å². The number of aryl methyl sites for hydroxylation is 2. The summed E-state index contributed by atoms with van der Waals surface area (Å²) in [5.41, 5.74) is 6.52. The molecule has 0 bridgehead atoms. The van der Waals surface area contributed by atoms with Crippen molar-refractivity contribution in [2.24, 2.45) is 7.05 Å². The molecule has 1 aromatic heterocycles. The molecule has 2 heterocycles. The lowest BCUT2D eigenvalue weighted by atomic mass is 9.88. The summed E-state index contributed by atoms with van der Waals surface area (Å²) in [6.07, 6.45) is 4.52. The quantitative estimate of drug-likeness (QED) is 0.567. The Kier molecular flexibility index (Phi) is 6.07. The molecule has 1 fully saturated rings. The van der Waals surface area contributed by atoms with Crippen LogP contribution in [0.1, 0.15) is 42.1 Å². The minimum Gasteiger partial charge on any atom is -0.450 e. The van der Waals surface area contributed by atoms with E-state index in [4.69, 9.17) is 16.3 Å². The molecule has 0 radical (unpaired) electrons. The Labute approximate surface area is 189 Å². The fraction of sp³-hybridized carbons (Fsp3) is 0.391. The van der Waals surface area contributed by atoms with Crippen LogP contribution in [0.15, 0.2) is 39.2 Å². The molecular weight excluding hydrogens is 468 g/mol. The first-order chi connectivity index (χ1) is 14.4. The van der Waals surface area contributed by atoms with E-state index >= 15 is 0 Å². The minimum atomic E-state index is -0.258. The number of hydrogen-bond donors (Lipinski definition) is 0. The molecule has 0 unspecified atom stereocenters. The summed E-state index contributed by atoms with van der Waals surface area (Å²) in [4.78, 5) is 26.9. The zero-order valence-electron chi connectivity index (χ0n) is 17.1. The third-order valence-corrected chi connectivity index (χ3v) is 6.70. The molecule has 1 aliphatic heterocycles. The lowest BCUT2D eigenvalue weighted by molar-refractivity contribution is 0.104. The number of amides is 1. The van der Waals surface area contributed by atoms with Crippen LogP contribution in [0, 0.1) is 0 Å². The number of fused-ring (bicyclic) bond motifs is 2. The largest absolute Gasteiger partial charge is 0.450 e. The van der Waals surface area contributed by atoms with Crippen LogP contribution in [0.4, 0.5) is 4.79 Å². The van der Waals surface area contributed by atoms with Gasteiger partial charge in [-0.1, -0.05) is 23.2 Å². The predicted molar refractivity (Wildman–Crippen MR) is 122 cm³/mol. The molecule has 30 heavy (non-hydrogen) atoms. The minimum absolute atomic E-state index is 0.0454. The number of piperidine rings is 1. The van der Waals surface area contributed by atoms with E-state index in [2.05, 4.69) is 22.0 Å². The molecule has 1 amide bonds. The molecule has 0 spiro atoms. The number of likely N-dealkylation sites (tertiary alicyclic amines) is 1. The number of ether oxygens (including phenoxy) is 1. The highest BCUT2D eigenvalue weighted by atomic mass is 79.9. The van der Waals surface area contributed by atoms with Gasteiger partial charge in [0.25, 0.3) is 0 Å². The van der Waals surface area contributed by atoms with Gasteiger partial charge >= 0.3 is 6.09 Å². The van der Waals surface area contributed by atoms with Gasteiger partial charge in [-0.25, -0.2) is 4.79 Å². The standard InChI is InChI=1S/C23H24BrClN2O3/c1-3-30-23(29)27-10-8-14(9-11-27)20-17-7-5-16(25)12-15(17)4-6-18-21(20)26(2)13-19(24)22(18)28/h5,7,12-13H,3-4,6,8-11H2,1-2H3. The lowest BCUT2D eigenvalue weighted by Gasteiger charge is -2.30. The van der Waals surface area contributed by atoms with Gasteiger partial charge in [0, 0.05) is 42.5 Å². The zero-order valence-corrected chi connectivity index (χ0v) is 19.5. The van der Waals surface area contributed by atoms with Crippen molar-refractivity contribution >= 4 is 39.2 Å². The van der Waals surface area contributed by atoms with Crippen LogP contribution < -0.4 is 5.43 Å². The van der Waals surface area contributed by atoms with Crippen LogP contribution in [0.5, 0.6) is 0 Å². The summed E-state index contributed by atoms with van der Waals surface area (Å²) < 4.78 is 7.79. The van der Waals surface area contributed by atoms with Crippen molar-refractivity contribution < 1.29 is 9.53 Å². The highest BCUT2D eigenvalue weighted by molar-refractivity contribution is 9.10. The average Bonchev–Trinajstić information content (AvgIpc) is 2.89. The van der Waals surface area contributed by atoms with Crippen LogP contribution >= 0.6 is 27.5 Å². The molecule has 5 nitrogen and oxygen atoms in total. The number of pyridine rings is 1. The average molecular weight is 492 g/mol. The van der Waals surface area contributed by atoms with E-state index in [1.807, 2.05) is 36.9 Å². The van der Waals surface area contributed by atoms with Crippen LogP contribution in [-0.4, -0.2) is 35.3 Å². The Bertz CT molecular complexity index is 1100. The smallest absolute Gasteiger partial charge is 0.409 e. The van der Waals surface area contributed by atoms with Gasteiger partial charge in [0.05, 0.1) is 16.8 Å². The fourth-order valence-electron chi connectivity index (χ4n) is 4.50. The number of carbonyl (C=O) groups excluding carboxylic acids is 1. The SMILES string of the molecule is CCOC(=O)N1CCC(=C2c3ccc(Cl)cc3CCc3c2n(C)cc(Br)c3=O)CC1. The third-order valence-electron chi connectivity index (χ3n) is 5.90. The van der Waals surface area contributed by atoms with Crippen LogP contribution in [0.25, 0.3) is 5.57 Å². The van der Waals surface area contributed by atoms with Gasteiger partial charge in [-0.15, -0.1) is 0 Å². The van der Waals surface area contributed by atoms with Crippen molar-refractivity contribution in [2.45, 2.75) is 32.6 Å². The van der Waals surface area contributed by atoms with E-state index in [0.29, 0.717) is 35.6 Å². The van der Waals surface area contributed by atoms with Gasteiger partial charge < -0.3 is 14.2 Å². The molecule has 0 atom stereocenters. The number of halogens is 2. The summed E-state index contributed by atoms with van der Waals surface area (Å²) in [6, 6.07) is 5.99. The molecular formula is C23H24BrClN2O3. The summed E-state index contributed by atoms with van der Waals surface area (Å²) in [5.74, 6) is 0. The molecule has 7 heteroatoms. The first kappa shape index (κ1) is 21.2. The van der Waals surface area contributed by atoms with Crippen LogP contribution in [0.2, 0.25) is 5.02 Å². The predicted octanol–water partition coefficient (Wildman–Crippen LogP) is 4.95. The van der Waals surface area contributed by atoms with Crippen molar-refractivity contribution in [2.75, 3.05) is 19.7 Å².